The number of nitrogens with zero attached hydrogens (tertiary/aromatic N) is 1. The molecule has 0 radical (unpaired) electrons. The zero-order valence-corrected chi connectivity index (χ0v) is 19.3. The SMILES string of the molecule is CNC(=O)O[C@@H]1[C@H](OC(=O)NC)C=C(C(=O)NCCO/N=C/CNC(C)=O)C[C@H]1OC(=O)NC. The van der Waals surface area contributed by atoms with Gasteiger partial charge in [-0.15, -0.1) is 0 Å². The van der Waals surface area contributed by atoms with E-state index < -0.39 is 42.5 Å². The van der Waals surface area contributed by atoms with E-state index in [-0.39, 0.29) is 37.6 Å². The van der Waals surface area contributed by atoms with Crippen molar-refractivity contribution in [3.63, 3.8) is 0 Å². The van der Waals surface area contributed by atoms with E-state index in [1.807, 2.05) is 0 Å². The third-order valence-electron chi connectivity index (χ3n) is 4.20. The van der Waals surface area contributed by atoms with Gasteiger partial charge in [-0.05, 0) is 6.08 Å². The van der Waals surface area contributed by atoms with E-state index in [4.69, 9.17) is 19.0 Å². The summed E-state index contributed by atoms with van der Waals surface area (Å²) in [6.45, 7) is 1.68. The van der Waals surface area contributed by atoms with Crippen LogP contribution in [0.5, 0.6) is 0 Å². The van der Waals surface area contributed by atoms with Crippen molar-refractivity contribution in [2.75, 3.05) is 40.8 Å². The maximum atomic E-state index is 12.6. The lowest BCUT2D eigenvalue weighted by atomic mass is 9.91. The molecule has 0 bridgehead atoms. The fraction of sp³-hybridized carbons (Fsp3) is 0.579. The second-order valence-corrected chi connectivity index (χ2v) is 6.64. The van der Waals surface area contributed by atoms with Crippen LogP contribution >= 0.6 is 0 Å². The molecule has 3 atom stereocenters. The van der Waals surface area contributed by atoms with Crippen molar-refractivity contribution >= 4 is 36.3 Å². The highest BCUT2D eigenvalue weighted by Gasteiger charge is 2.42. The number of ether oxygens (including phenoxy) is 3. The zero-order valence-electron chi connectivity index (χ0n) is 19.3. The first kappa shape index (κ1) is 28.0. The van der Waals surface area contributed by atoms with Gasteiger partial charge in [-0.1, -0.05) is 5.16 Å². The van der Waals surface area contributed by atoms with Crippen molar-refractivity contribution in [1.82, 2.24) is 26.6 Å². The first-order valence-electron chi connectivity index (χ1n) is 10.2. The van der Waals surface area contributed by atoms with E-state index in [0.29, 0.717) is 0 Å². The van der Waals surface area contributed by atoms with E-state index in [1.54, 1.807) is 0 Å². The smallest absolute Gasteiger partial charge is 0.407 e. The molecule has 1 rings (SSSR count). The van der Waals surface area contributed by atoms with Gasteiger partial charge in [0.15, 0.2) is 12.2 Å². The van der Waals surface area contributed by atoms with Gasteiger partial charge in [0.05, 0.1) is 19.3 Å². The Balaban J connectivity index is 2.87. The van der Waals surface area contributed by atoms with Gasteiger partial charge < -0.3 is 45.6 Å². The van der Waals surface area contributed by atoms with Gasteiger partial charge in [0.2, 0.25) is 11.8 Å². The van der Waals surface area contributed by atoms with Crippen LogP contribution in [-0.4, -0.2) is 95.5 Å². The Labute approximate surface area is 195 Å². The van der Waals surface area contributed by atoms with Crippen LogP contribution in [0, 0.1) is 0 Å². The minimum atomic E-state index is -1.23. The molecule has 0 saturated carbocycles. The van der Waals surface area contributed by atoms with Gasteiger partial charge in [0, 0.05) is 40.1 Å². The fourth-order valence-corrected chi connectivity index (χ4v) is 2.64. The van der Waals surface area contributed by atoms with Crippen molar-refractivity contribution in [2.45, 2.75) is 31.7 Å². The number of alkyl carbamates (subject to hydrolysis) is 3. The second kappa shape index (κ2) is 14.9. The Kier molecular flexibility index (Phi) is 12.3. The number of carbonyl (C=O) groups is 5. The number of amides is 5. The second-order valence-electron chi connectivity index (χ2n) is 6.64. The minimum absolute atomic E-state index is 0.0360. The average Bonchev–Trinajstić information content (AvgIpc) is 2.81. The lowest BCUT2D eigenvalue weighted by Gasteiger charge is -2.34. The molecule has 0 aliphatic heterocycles. The maximum absolute atomic E-state index is 12.6. The van der Waals surface area contributed by atoms with E-state index in [2.05, 4.69) is 31.7 Å². The molecular weight excluding hydrogens is 456 g/mol. The highest BCUT2D eigenvalue weighted by Crippen LogP contribution is 2.27. The van der Waals surface area contributed by atoms with E-state index >= 15 is 0 Å². The molecule has 1 aliphatic rings. The van der Waals surface area contributed by atoms with Crippen LogP contribution in [0.2, 0.25) is 0 Å². The Bertz CT molecular complexity index is 801. The normalized spacial score (nSPS) is 19.2. The number of carbonyl (C=O) groups excluding carboxylic acids is 5. The Morgan fingerprint density at radius 3 is 2.21 bits per heavy atom. The largest absolute Gasteiger partial charge is 0.442 e. The molecule has 34 heavy (non-hydrogen) atoms. The Morgan fingerprint density at radius 1 is 0.971 bits per heavy atom. The van der Waals surface area contributed by atoms with Crippen molar-refractivity contribution in [3.05, 3.63) is 11.6 Å². The fourth-order valence-electron chi connectivity index (χ4n) is 2.64. The van der Waals surface area contributed by atoms with E-state index in [9.17, 15) is 24.0 Å². The van der Waals surface area contributed by atoms with Crippen LogP contribution in [0.3, 0.4) is 0 Å². The van der Waals surface area contributed by atoms with Crippen LogP contribution in [0.25, 0.3) is 0 Å². The van der Waals surface area contributed by atoms with Gasteiger partial charge in [-0.3, -0.25) is 9.59 Å². The molecule has 0 unspecified atom stereocenters. The van der Waals surface area contributed by atoms with Crippen LogP contribution in [-0.2, 0) is 28.6 Å². The number of hydrogen-bond donors (Lipinski definition) is 5. The summed E-state index contributed by atoms with van der Waals surface area (Å²) in [6, 6.07) is 0. The molecule has 0 aromatic carbocycles. The highest BCUT2D eigenvalue weighted by molar-refractivity contribution is 5.94. The first-order chi connectivity index (χ1) is 16.2. The summed E-state index contributed by atoms with van der Waals surface area (Å²) in [6.07, 6.45) is -3.56. The monoisotopic (exact) mass is 486 g/mol. The molecule has 15 heteroatoms. The molecule has 5 N–H and O–H groups in total. The predicted octanol–water partition coefficient (Wildman–Crippen LogP) is -1.25. The van der Waals surface area contributed by atoms with Crippen LogP contribution in [0.4, 0.5) is 14.4 Å². The molecular formula is C19H30N6O9. The summed E-state index contributed by atoms with van der Waals surface area (Å²) < 4.78 is 15.7. The van der Waals surface area contributed by atoms with Gasteiger partial charge in [-0.25, -0.2) is 14.4 Å². The van der Waals surface area contributed by atoms with E-state index in [1.165, 1.54) is 40.4 Å². The first-order valence-corrected chi connectivity index (χ1v) is 10.2. The summed E-state index contributed by atoms with van der Waals surface area (Å²) in [4.78, 5) is 63.8. The maximum Gasteiger partial charge on any atom is 0.407 e. The number of rotatable bonds is 10. The molecule has 5 amide bonds. The summed E-state index contributed by atoms with van der Waals surface area (Å²) in [5.74, 6) is -0.750. The summed E-state index contributed by atoms with van der Waals surface area (Å²) in [5.41, 5.74) is 0.133. The van der Waals surface area contributed by atoms with E-state index in [0.717, 1.165) is 0 Å². The molecule has 0 heterocycles. The minimum Gasteiger partial charge on any atom is -0.442 e. The standard InChI is InChI=1S/C19H30N6O9/c1-11(26)23-5-6-25-31-8-7-24-16(27)12-9-13(32-17(28)20-2)15(34-19(30)22-4)14(10-12)33-18(29)21-3/h6,9,13-15H,5,7-8,10H2,1-4H3,(H,20,28)(H,21,29)(H,22,30)(H,23,26)(H,24,27)/b25-6+/t13-,14-,15-/m1/s1. The van der Waals surface area contributed by atoms with Crippen molar-refractivity contribution < 1.29 is 43.0 Å². The molecule has 0 aromatic rings. The molecule has 0 saturated heterocycles. The van der Waals surface area contributed by atoms with Crippen molar-refractivity contribution in [1.29, 1.82) is 0 Å². The van der Waals surface area contributed by atoms with Gasteiger partial charge in [0.1, 0.15) is 12.7 Å². The van der Waals surface area contributed by atoms with Gasteiger partial charge in [-0.2, -0.15) is 0 Å². The predicted molar refractivity (Wildman–Crippen MR) is 117 cm³/mol. The van der Waals surface area contributed by atoms with Gasteiger partial charge >= 0.3 is 18.3 Å². The summed E-state index contributed by atoms with van der Waals surface area (Å²) >= 11 is 0. The zero-order chi connectivity index (χ0) is 25.5. The third kappa shape index (κ3) is 10.1. The summed E-state index contributed by atoms with van der Waals surface area (Å²) in [5, 5.41) is 15.5. The lowest BCUT2D eigenvalue weighted by molar-refractivity contribution is -0.120. The van der Waals surface area contributed by atoms with Crippen molar-refractivity contribution in [3.8, 4) is 0 Å². The molecule has 0 fully saturated rings. The van der Waals surface area contributed by atoms with Crippen molar-refractivity contribution in [2.24, 2.45) is 5.16 Å². The quantitative estimate of drug-likeness (QED) is 0.108. The highest BCUT2D eigenvalue weighted by atomic mass is 16.6. The van der Waals surface area contributed by atoms with Crippen LogP contribution in [0.1, 0.15) is 13.3 Å². The van der Waals surface area contributed by atoms with Crippen LogP contribution < -0.4 is 26.6 Å². The molecule has 190 valence electrons. The number of nitrogens with one attached hydrogen (secondary N) is 5. The molecule has 15 nitrogen and oxygen atoms in total. The lowest BCUT2D eigenvalue weighted by Crippen LogP contribution is -2.51. The molecule has 0 spiro atoms. The third-order valence-corrected chi connectivity index (χ3v) is 4.20. The summed E-state index contributed by atoms with van der Waals surface area (Å²) in [7, 11) is 3.99. The topological polar surface area (TPSA) is 195 Å². The van der Waals surface area contributed by atoms with Gasteiger partial charge in [0.25, 0.3) is 0 Å². The average molecular weight is 486 g/mol. The van der Waals surface area contributed by atoms with Crippen LogP contribution in [0.15, 0.2) is 16.8 Å². The Morgan fingerprint density at radius 2 is 1.59 bits per heavy atom. The number of oxime groups is 1. The molecule has 1 aliphatic carbocycles. The number of hydrogen-bond acceptors (Lipinski definition) is 10. The molecule has 0 aromatic heterocycles. The Hall–Kier alpha value is -4.04.